The molecule has 1 N–H and O–H groups in total. The first-order valence-corrected chi connectivity index (χ1v) is 7.44. The van der Waals surface area contributed by atoms with Crippen molar-refractivity contribution in [3.63, 3.8) is 0 Å². The fourth-order valence-corrected chi connectivity index (χ4v) is 2.89. The first-order valence-electron chi connectivity index (χ1n) is 6.45. The monoisotopic (exact) mass is 316 g/mol. The maximum absolute atomic E-state index is 11.9. The number of hydrogen-bond acceptors (Lipinski definition) is 3. The molecule has 0 aliphatic carbocycles. The van der Waals surface area contributed by atoms with E-state index in [0.29, 0.717) is 12.2 Å². The topological polar surface area (TPSA) is 29.5 Å². The molecule has 0 saturated carbocycles. The number of ether oxygens (including phenoxy) is 1. The van der Waals surface area contributed by atoms with Gasteiger partial charge in [0.15, 0.2) is 0 Å². The Morgan fingerprint density at radius 2 is 1.76 bits per heavy atom. The number of phenols is 1. The van der Waals surface area contributed by atoms with Crippen molar-refractivity contribution in [3.05, 3.63) is 36.4 Å². The van der Waals surface area contributed by atoms with Crippen LogP contribution in [0.25, 0.3) is 10.8 Å². The van der Waals surface area contributed by atoms with E-state index in [2.05, 4.69) is 4.74 Å². The summed E-state index contributed by atoms with van der Waals surface area (Å²) in [6.07, 6.45) is -3.73. The summed E-state index contributed by atoms with van der Waals surface area (Å²) in [6, 6.07) is 10.9. The number of hydrogen-bond donors (Lipinski definition) is 1. The molecule has 0 spiro atoms. The van der Waals surface area contributed by atoms with Crippen LogP contribution in [-0.4, -0.2) is 30.2 Å². The van der Waals surface area contributed by atoms with Crippen LogP contribution in [0.3, 0.4) is 0 Å². The lowest BCUT2D eigenvalue weighted by atomic mass is 10.1. The molecule has 2 aromatic carbocycles. The zero-order valence-corrected chi connectivity index (χ0v) is 12.0. The van der Waals surface area contributed by atoms with E-state index in [0.717, 1.165) is 15.7 Å². The van der Waals surface area contributed by atoms with E-state index in [-0.39, 0.29) is 12.4 Å². The van der Waals surface area contributed by atoms with Crippen LogP contribution in [0.1, 0.15) is 6.42 Å². The normalized spacial score (nSPS) is 12.0. The standard InChI is InChI=1S/C15H15F3O2S/c16-15(17,18)10-20-8-3-9-21-14-7-6-13(19)11-4-1-2-5-12(11)14/h1-2,4-7,19H,3,8-10H2. The molecule has 0 aliphatic rings. The van der Waals surface area contributed by atoms with Gasteiger partial charge in [0.2, 0.25) is 0 Å². The van der Waals surface area contributed by atoms with Crippen molar-refractivity contribution in [2.45, 2.75) is 17.5 Å². The summed E-state index contributed by atoms with van der Waals surface area (Å²) < 4.78 is 40.2. The van der Waals surface area contributed by atoms with Crippen LogP contribution in [0.5, 0.6) is 5.75 Å². The van der Waals surface area contributed by atoms with Crippen molar-refractivity contribution in [1.29, 1.82) is 0 Å². The molecule has 0 heterocycles. The average molecular weight is 316 g/mol. The van der Waals surface area contributed by atoms with E-state index in [4.69, 9.17) is 0 Å². The fraction of sp³-hybridized carbons (Fsp3) is 0.333. The van der Waals surface area contributed by atoms with Crippen molar-refractivity contribution < 1.29 is 23.0 Å². The Kier molecular flexibility index (Phi) is 5.36. The molecule has 114 valence electrons. The molecular weight excluding hydrogens is 301 g/mol. The van der Waals surface area contributed by atoms with Crippen molar-refractivity contribution in [2.24, 2.45) is 0 Å². The molecule has 2 aromatic rings. The fourth-order valence-electron chi connectivity index (χ4n) is 1.91. The molecule has 0 radical (unpaired) electrons. The minimum absolute atomic E-state index is 0.0858. The summed E-state index contributed by atoms with van der Waals surface area (Å²) in [7, 11) is 0. The maximum Gasteiger partial charge on any atom is 0.411 e. The quantitative estimate of drug-likeness (QED) is 0.623. The van der Waals surface area contributed by atoms with Crippen LogP contribution in [-0.2, 0) is 4.74 Å². The molecular formula is C15H15F3O2S. The molecule has 0 aromatic heterocycles. The van der Waals surface area contributed by atoms with E-state index >= 15 is 0 Å². The van der Waals surface area contributed by atoms with Gasteiger partial charge in [-0.3, -0.25) is 0 Å². The summed E-state index contributed by atoms with van der Waals surface area (Å²) in [4.78, 5) is 0.999. The number of phenolic OH excluding ortho intramolecular Hbond substituents is 1. The van der Waals surface area contributed by atoms with Gasteiger partial charge < -0.3 is 9.84 Å². The average Bonchev–Trinajstić information content (AvgIpc) is 2.44. The molecule has 0 unspecified atom stereocenters. The number of thioether (sulfide) groups is 1. The highest BCUT2D eigenvalue weighted by atomic mass is 32.2. The third-order valence-electron chi connectivity index (χ3n) is 2.82. The molecule has 0 amide bonds. The minimum atomic E-state index is -4.26. The molecule has 0 bridgehead atoms. The predicted molar refractivity (Wildman–Crippen MR) is 77.8 cm³/mol. The van der Waals surface area contributed by atoms with Crippen LogP contribution in [0.15, 0.2) is 41.3 Å². The summed E-state index contributed by atoms with van der Waals surface area (Å²) in [5.74, 6) is 0.885. The first-order chi connectivity index (χ1) is 9.97. The Bertz CT molecular complexity index is 599. The molecule has 2 nitrogen and oxygen atoms in total. The number of aromatic hydroxyl groups is 1. The van der Waals surface area contributed by atoms with Gasteiger partial charge in [0.05, 0.1) is 0 Å². The Labute approximate surface area is 124 Å². The Hall–Kier alpha value is -1.40. The zero-order chi connectivity index (χ0) is 15.3. The Morgan fingerprint density at radius 1 is 1.05 bits per heavy atom. The lowest BCUT2D eigenvalue weighted by molar-refractivity contribution is -0.173. The number of benzene rings is 2. The van der Waals surface area contributed by atoms with Crippen molar-refractivity contribution in [3.8, 4) is 5.75 Å². The summed E-state index contributed by atoms with van der Waals surface area (Å²) in [5.41, 5.74) is 0. The van der Waals surface area contributed by atoms with Gasteiger partial charge in [0.25, 0.3) is 0 Å². The predicted octanol–water partition coefficient (Wildman–Crippen LogP) is 4.61. The van der Waals surface area contributed by atoms with E-state index in [1.807, 2.05) is 30.3 Å². The highest BCUT2D eigenvalue weighted by Gasteiger charge is 2.27. The minimum Gasteiger partial charge on any atom is -0.507 e. The highest BCUT2D eigenvalue weighted by Crippen LogP contribution is 2.33. The number of halogens is 3. The van der Waals surface area contributed by atoms with Gasteiger partial charge in [-0.1, -0.05) is 24.3 Å². The van der Waals surface area contributed by atoms with Crippen molar-refractivity contribution in [1.82, 2.24) is 0 Å². The Morgan fingerprint density at radius 3 is 2.48 bits per heavy atom. The second kappa shape index (κ2) is 7.04. The van der Waals surface area contributed by atoms with Gasteiger partial charge in [-0.25, -0.2) is 0 Å². The van der Waals surface area contributed by atoms with Gasteiger partial charge in [0.1, 0.15) is 12.4 Å². The van der Waals surface area contributed by atoms with Gasteiger partial charge in [0, 0.05) is 22.6 Å². The van der Waals surface area contributed by atoms with Crippen LogP contribution >= 0.6 is 11.8 Å². The van der Waals surface area contributed by atoms with E-state index in [1.54, 1.807) is 17.8 Å². The van der Waals surface area contributed by atoms with Gasteiger partial charge in [-0.2, -0.15) is 13.2 Å². The molecule has 0 aliphatic heterocycles. The summed E-state index contributed by atoms with van der Waals surface area (Å²) in [5, 5.41) is 11.5. The second-order valence-electron chi connectivity index (χ2n) is 4.50. The molecule has 2 rings (SSSR count). The molecule has 0 saturated heterocycles. The van der Waals surface area contributed by atoms with Crippen molar-refractivity contribution >= 4 is 22.5 Å². The molecule has 0 atom stereocenters. The third kappa shape index (κ3) is 4.82. The second-order valence-corrected chi connectivity index (χ2v) is 5.63. The number of fused-ring (bicyclic) bond motifs is 1. The van der Waals surface area contributed by atoms with Gasteiger partial charge in [-0.15, -0.1) is 11.8 Å². The smallest absolute Gasteiger partial charge is 0.411 e. The van der Waals surface area contributed by atoms with E-state index < -0.39 is 12.8 Å². The summed E-state index contributed by atoms with van der Waals surface area (Å²) in [6.45, 7) is -1.11. The SMILES string of the molecule is Oc1ccc(SCCCOCC(F)(F)F)c2ccccc12. The van der Waals surface area contributed by atoms with Crippen LogP contribution in [0.2, 0.25) is 0 Å². The van der Waals surface area contributed by atoms with Crippen LogP contribution in [0.4, 0.5) is 13.2 Å². The zero-order valence-electron chi connectivity index (χ0n) is 11.2. The number of rotatable bonds is 6. The third-order valence-corrected chi connectivity index (χ3v) is 3.98. The van der Waals surface area contributed by atoms with Gasteiger partial charge in [-0.05, 0) is 23.9 Å². The first kappa shape index (κ1) is 16.0. The van der Waals surface area contributed by atoms with E-state index in [1.165, 1.54) is 0 Å². The molecule has 0 fully saturated rings. The van der Waals surface area contributed by atoms with Gasteiger partial charge >= 0.3 is 6.18 Å². The van der Waals surface area contributed by atoms with Crippen LogP contribution in [0, 0.1) is 0 Å². The molecule has 6 heteroatoms. The molecule has 21 heavy (non-hydrogen) atoms. The lowest BCUT2D eigenvalue weighted by Gasteiger charge is -2.09. The maximum atomic E-state index is 11.9. The highest BCUT2D eigenvalue weighted by molar-refractivity contribution is 7.99. The Balaban J connectivity index is 1.86. The van der Waals surface area contributed by atoms with Crippen LogP contribution < -0.4 is 0 Å². The lowest BCUT2D eigenvalue weighted by Crippen LogP contribution is -2.17. The number of alkyl halides is 3. The van der Waals surface area contributed by atoms with E-state index in [9.17, 15) is 18.3 Å². The largest absolute Gasteiger partial charge is 0.507 e. The summed E-state index contributed by atoms with van der Waals surface area (Å²) >= 11 is 1.54. The van der Waals surface area contributed by atoms with Crippen molar-refractivity contribution in [2.75, 3.05) is 19.0 Å².